The smallest absolute Gasteiger partial charge is 0.227 e. The number of carbonyl (C=O) groups is 1. The Hall–Kier alpha value is -3.26. The molecule has 1 N–H and O–H groups in total. The van der Waals surface area contributed by atoms with Crippen molar-refractivity contribution in [1.29, 1.82) is 5.26 Å². The van der Waals surface area contributed by atoms with Crippen molar-refractivity contribution in [3.8, 4) is 11.8 Å². The lowest BCUT2D eigenvalue weighted by molar-refractivity contribution is -0.122. The van der Waals surface area contributed by atoms with E-state index in [0.29, 0.717) is 12.2 Å². The molecule has 0 aliphatic carbocycles. The molecular weight excluding hydrogens is 316 g/mol. The molecule has 0 fully saturated rings. The van der Waals surface area contributed by atoms with Crippen LogP contribution in [0.1, 0.15) is 23.5 Å². The third-order valence-electron chi connectivity index (χ3n) is 4.09. The van der Waals surface area contributed by atoms with Gasteiger partial charge in [-0.1, -0.05) is 42.5 Å². The molecule has 0 saturated carbocycles. The maximum atomic E-state index is 11.8. The van der Waals surface area contributed by atoms with E-state index in [1.807, 2.05) is 54.6 Å². The molecule has 0 spiro atoms. The lowest BCUT2D eigenvalue weighted by atomic mass is 9.86. The van der Waals surface area contributed by atoms with Crippen LogP contribution in [0.25, 0.3) is 0 Å². The van der Waals surface area contributed by atoms with Crippen LogP contribution >= 0.6 is 0 Å². The Morgan fingerprint density at radius 1 is 1.16 bits per heavy atom. The Morgan fingerprint density at radius 3 is 2.52 bits per heavy atom. The minimum atomic E-state index is -0.308. The molecule has 25 heavy (non-hydrogen) atoms. The van der Waals surface area contributed by atoms with Crippen molar-refractivity contribution >= 4 is 5.91 Å². The van der Waals surface area contributed by atoms with Crippen molar-refractivity contribution in [1.82, 2.24) is 5.32 Å². The van der Waals surface area contributed by atoms with Gasteiger partial charge >= 0.3 is 0 Å². The van der Waals surface area contributed by atoms with Gasteiger partial charge in [-0.25, -0.2) is 0 Å². The number of amides is 1. The minimum Gasteiger partial charge on any atom is -0.489 e. The van der Waals surface area contributed by atoms with E-state index in [4.69, 9.17) is 9.47 Å². The quantitative estimate of drug-likeness (QED) is 0.911. The zero-order chi connectivity index (χ0) is 17.6. The standard InChI is InChI=1S/C20H18N2O3/c1-24-20-18(12-21)17(11-19(23)22-20)15-7-9-16(10-8-15)25-13-14-5-3-2-4-6-14/h2-10,17H,11,13H2,1H3,(H,22,23). The van der Waals surface area contributed by atoms with Crippen molar-refractivity contribution in [2.75, 3.05) is 7.11 Å². The molecule has 2 aromatic rings. The highest BCUT2D eigenvalue weighted by atomic mass is 16.5. The lowest BCUT2D eigenvalue weighted by Gasteiger charge is -2.24. The molecule has 1 atom stereocenters. The fraction of sp³-hybridized carbons (Fsp3) is 0.200. The molecule has 1 amide bonds. The number of benzene rings is 2. The topological polar surface area (TPSA) is 71.3 Å². The van der Waals surface area contributed by atoms with Crippen LogP contribution in [0.2, 0.25) is 0 Å². The fourth-order valence-electron chi connectivity index (χ4n) is 2.80. The molecule has 1 aliphatic rings. The molecule has 1 heterocycles. The monoisotopic (exact) mass is 334 g/mol. The van der Waals surface area contributed by atoms with E-state index in [1.54, 1.807) is 0 Å². The first-order valence-electron chi connectivity index (χ1n) is 7.96. The summed E-state index contributed by atoms with van der Waals surface area (Å²) in [6.07, 6.45) is 0.222. The average molecular weight is 334 g/mol. The van der Waals surface area contributed by atoms with Gasteiger partial charge in [0, 0.05) is 12.3 Å². The fourth-order valence-corrected chi connectivity index (χ4v) is 2.80. The van der Waals surface area contributed by atoms with E-state index in [1.165, 1.54) is 7.11 Å². The van der Waals surface area contributed by atoms with Crippen LogP contribution in [0, 0.1) is 11.3 Å². The van der Waals surface area contributed by atoms with Crippen LogP contribution in [0.15, 0.2) is 66.1 Å². The second-order valence-corrected chi connectivity index (χ2v) is 5.71. The predicted molar refractivity (Wildman–Crippen MR) is 92.4 cm³/mol. The summed E-state index contributed by atoms with van der Waals surface area (Å²) in [5.74, 6) is 0.498. The highest BCUT2D eigenvalue weighted by Gasteiger charge is 2.30. The molecule has 0 saturated heterocycles. The normalized spacial score (nSPS) is 16.8. The Balaban J connectivity index is 1.75. The van der Waals surface area contributed by atoms with Gasteiger partial charge in [-0.05, 0) is 23.3 Å². The van der Waals surface area contributed by atoms with E-state index < -0.39 is 0 Å². The summed E-state index contributed by atoms with van der Waals surface area (Å²) in [4.78, 5) is 11.8. The highest BCUT2D eigenvalue weighted by molar-refractivity contribution is 5.81. The number of ether oxygens (including phenoxy) is 2. The predicted octanol–water partition coefficient (Wildman–Crippen LogP) is 3.25. The van der Waals surface area contributed by atoms with Gasteiger partial charge in [0.1, 0.15) is 18.4 Å². The second-order valence-electron chi connectivity index (χ2n) is 5.71. The van der Waals surface area contributed by atoms with Gasteiger partial charge in [0.2, 0.25) is 11.8 Å². The first-order valence-corrected chi connectivity index (χ1v) is 7.96. The van der Waals surface area contributed by atoms with Crippen molar-refractivity contribution in [3.05, 3.63) is 77.2 Å². The van der Waals surface area contributed by atoms with Crippen LogP contribution in [-0.2, 0) is 16.1 Å². The SMILES string of the molecule is COC1=C(C#N)C(c2ccc(OCc3ccccc3)cc2)CC(=O)N1. The molecular formula is C20H18N2O3. The molecule has 126 valence electrons. The van der Waals surface area contributed by atoms with E-state index in [9.17, 15) is 10.1 Å². The zero-order valence-corrected chi connectivity index (χ0v) is 13.9. The molecule has 1 unspecified atom stereocenters. The van der Waals surface area contributed by atoms with Crippen molar-refractivity contribution in [3.63, 3.8) is 0 Å². The third-order valence-corrected chi connectivity index (χ3v) is 4.09. The summed E-state index contributed by atoms with van der Waals surface area (Å²) < 4.78 is 10.9. The Morgan fingerprint density at radius 2 is 1.88 bits per heavy atom. The Kier molecular flexibility index (Phi) is 5.00. The van der Waals surface area contributed by atoms with E-state index in [-0.39, 0.29) is 24.1 Å². The molecule has 5 heteroatoms. The largest absolute Gasteiger partial charge is 0.489 e. The van der Waals surface area contributed by atoms with Gasteiger partial charge in [-0.2, -0.15) is 5.26 Å². The number of nitrogens with one attached hydrogen (secondary N) is 1. The number of nitrogens with zero attached hydrogens (tertiary/aromatic N) is 1. The second kappa shape index (κ2) is 7.54. The van der Waals surface area contributed by atoms with Crippen LogP contribution in [0.3, 0.4) is 0 Å². The Bertz CT molecular complexity index is 820. The summed E-state index contributed by atoms with van der Waals surface area (Å²) in [6, 6.07) is 19.5. The minimum absolute atomic E-state index is 0.162. The molecule has 0 aromatic heterocycles. The third kappa shape index (κ3) is 3.81. The zero-order valence-electron chi connectivity index (χ0n) is 13.9. The van der Waals surface area contributed by atoms with Crippen molar-refractivity contribution < 1.29 is 14.3 Å². The summed E-state index contributed by atoms with van der Waals surface area (Å²) in [6.45, 7) is 0.489. The first kappa shape index (κ1) is 16.6. The van der Waals surface area contributed by atoms with Gasteiger partial charge in [-0.3, -0.25) is 10.1 Å². The number of allylic oxidation sites excluding steroid dienone is 1. The molecule has 0 radical (unpaired) electrons. The van der Waals surface area contributed by atoms with Crippen LogP contribution in [0.5, 0.6) is 5.75 Å². The number of hydrogen-bond acceptors (Lipinski definition) is 4. The highest BCUT2D eigenvalue weighted by Crippen LogP contribution is 2.33. The summed E-state index contributed by atoms with van der Waals surface area (Å²) in [5, 5.41) is 12.0. The summed E-state index contributed by atoms with van der Waals surface area (Å²) in [5.41, 5.74) is 2.41. The molecule has 0 bridgehead atoms. The maximum absolute atomic E-state index is 11.8. The lowest BCUT2D eigenvalue weighted by Crippen LogP contribution is -2.32. The Labute approximate surface area is 146 Å². The van der Waals surface area contributed by atoms with Gasteiger partial charge < -0.3 is 9.47 Å². The number of carbonyl (C=O) groups excluding carboxylic acids is 1. The molecule has 1 aliphatic heterocycles. The van der Waals surface area contributed by atoms with E-state index in [0.717, 1.165) is 16.9 Å². The summed E-state index contributed by atoms with van der Waals surface area (Å²) in [7, 11) is 1.44. The van der Waals surface area contributed by atoms with Gasteiger partial charge in [0.05, 0.1) is 12.7 Å². The molecule has 3 rings (SSSR count). The van der Waals surface area contributed by atoms with Crippen molar-refractivity contribution in [2.24, 2.45) is 0 Å². The van der Waals surface area contributed by atoms with Crippen LogP contribution < -0.4 is 10.1 Å². The number of nitriles is 1. The van der Waals surface area contributed by atoms with Gasteiger partial charge in [-0.15, -0.1) is 0 Å². The van der Waals surface area contributed by atoms with E-state index >= 15 is 0 Å². The van der Waals surface area contributed by atoms with Crippen LogP contribution in [0.4, 0.5) is 0 Å². The number of hydrogen-bond donors (Lipinski definition) is 1. The van der Waals surface area contributed by atoms with Gasteiger partial charge in [0.15, 0.2) is 0 Å². The van der Waals surface area contributed by atoms with Gasteiger partial charge in [0.25, 0.3) is 0 Å². The molecule has 5 nitrogen and oxygen atoms in total. The first-order chi connectivity index (χ1) is 12.2. The summed E-state index contributed by atoms with van der Waals surface area (Å²) >= 11 is 0. The maximum Gasteiger partial charge on any atom is 0.227 e. The average Bonchev–Trinajstić information content (AvgIpc) is 2.67. The van der Waals surface area contributed by atoms with Crippen LogP contribution in [-0.4, -0.2) is 13.0 Å². The van der Waals surface area contributed by atoms with E-state index in [2.05, 4.69) is 11.4 Å². The number of rotatable bonds is 5. The van der Waals surface area contributed by atoms with Crippen molar-refractivity contribution in [2.45, 2.75) is 18.9 Å². The number of methoxy groups -OCH3 is 1. The molecule has 2 aromatic carbocycles.